The summed E-state index contributed by atoms with van der Waals surface area (Å²) >= 11 is 0. The molecule has 0 N–H and O–H groups in total. The summed E-state index contributed by atoms with van der Waals surface area (Å²) in [5.74, 6) is 0. The zero-order valence-electron chi connectivity index (χ0n) is 6.83. The Labute approximate surface area is 84.3 Å². The minimum absolute atomic E-state index is 0. The molecule has 0 bridgehead atoms. The van der Waals surface area contributed by atoms with Crippen LogP contribution in [0, 0.1) is 0 Å². The van der Waals surface area contributed by atoms with Crippen molar-refractivity contribution in [2.24, 2.45) is 0 Å². The molecule has 0 fully saturated rings. The van der Waals surface area contributed by atoms with E-state index in [0.29, 0.717) is 0 Å². The standard InChI is InChI=1S/2Cm.3H2O4S/c;;3*1-5(2,3)4/h;;3*(H2,1,2,3,4)/p-6. The fraction of sp³-hybridized carbons (Fsp3) is 0. The summed E-state index contributed by atoms with van der Waals surface area (Å²) in [6.07, 6.45) is 0. The van der Waals surface area contributed by atoms with E-state index in [1.807, 2.05) is 0 Å². The van der Waals surface area contributed by atoms with Gasteiger partial charge in [0.25, 0.3) is 0 Å². The van der Waals surface area contributed by atoms with E-state index in [9.17, 15) is 0 Å². The second-order valence-corrected chi connectivity index (χ2v) is 3.67. The number of hydrogen-bond acceptors (Lipinski definition) is 12. The quantitative estimate of drug-likeness (QED) is 0.169. The third-order valence-corrected chi connectivity index (χ3v) is 0. The SMILES string of the molecule is O=S(=O)([O-])[O-].O=S(=O)([O-])[O-].O=S(=O)([O-])[O-].[Cm].[Cm]. The molecule has 0 aliphatic rings. The molecule has 112 valence electrons. The van der Waals surface area contributed by atoms with Gasteiger partial charge < -0.3 is 27.3 Å². The summed E-state index contributed by atoms with van der Waals surface area (Å²) < 4.78 is 102. The maximum atomic E-state index is 8.52. The van der Waals surface area contributed by atoms with Crippen molar-refractivity contribution in [3.63, 3.8) is 0 Å². The van der Waals surface area contributed by atoms with Gasteiger partial charge in [0.2, 0.25) is 0 Å². The van der Waals surface area contributed by atoms with Crippen LogP contribution in [0.5, 0.6) is 0 Å². The van der Waals surface area contributed by atoms with Crippen LogP contribution in [0.3, 0.4) is 0 Å². The Balaban J connectivity index is -0.0000000400. The van der Waals surface area contributed by atoms with Gasteiger partial charge >= 0.3 is 0 Å². The fourth-order valence-electron chi connectivity index (χ4n) is 0. The minimum atomic E-state index is -5.17. The summed E-state index contributed by atoms with van der Waals surface area (Å²) in [5, 5.41) is 0. The van der Waals surface area contributed by atoms with Crippen molar-refractivity contribution in [1.82, 2.24) is 0 Å². The molecule has 0 aromatic heterocycles. The van der Waals surface area contributed by atoms with E-state index in [1.165, 1.54) is 0 Å². The van der Waals surface area contributed by atoms with Gasteiger partial charge in [-0.25, -0.2) is 0 Å². The van der Waals surface area contributed by atoms with Gasteiger partial charge in [0, 0.05) is 31.2 Å². The molecular weight excluding hydrogens is 782 g/mol. The van der Waals surface area contributed by atoms with Gasteiger partial charge in [0.1, 0.15) is 0 Å². The molecule has 12 nitrogen and oxygen atoms in total. The number of hydrogen-bond donors (Lipinski definition) is 0. The molecule has 0 saturated heterocycles. The second-order valence-electron chi connectivity index (χ2n) is 1.22. The first kappa shape index (κ1) is 29.3. The van der Waals surface area contributed by atoms with Crippen LogP contribution in [-0.4, -0.2) is 52.6 Å². The molecule has 0 radical (unpaired) electrons. The molecule has 0 spiro atoms. The van der Waals surface area contributed by atoms with Crippen LogP contribution < -0.4 is 0 Å². The first-order valence-electron chi connectivity index (χ1n) is 2.00. The monoisotopic (exact) mass is 774 g/mol. The molecule has 0 unspecified atom stereocenters. The molecule has 0 aliphatic heterocycles. The summed E-state index contributed by atoms with van der Waals surface area (Å²) in [4.78, 5) is 0. The molecule has 0 amide bonds. The van der Waals surface area contributed by atoms with Gasteiger partial charge in [-0.3, -0.25) is 25.3 Å². The molecule has 0 aromatic carbocycles. The molecule has 17 heteroatoms. The zero-order chi connectivity index (χ0) is 13.5. The Kier molecular flexibility index (Phi) is 15.3. The average Bonchev–Trinajstić information content (AvgIpc) is 1.41. The van der Waals surface area contributed by atoms with Crippen molar-refractivity contribution in [1.29, 1.82) is 0 Å². The van der Waals surface area contributed by atoms with Gasteiger partial charge in [-0.2, -0.15) is 0 Å². The topological polar surface area (TPSA) is 241 Å². The predicted molar refractivity (Wildman–Crippen MR) is 31.4 cm³/mol. The largest absolute Gasteiger partial charge is 0.759 e. The maximum absolute atomic E-state index is 8.52. The fourth-order valence-corrected chi connectivity index (χ4v) is 0. The zero-order valence-corrected chi connectivity index (χ0v) is 15.2. The van der Waals surface area contributed by atoms with Crippen molar-refractivity contribution < 1.29 is 52.6 Å². The Bertz CT molecular complexity index is 341. The van der Waals surface area contributed by atoms with Crippen LogP contribution in [0.4, 0.5) is 0 Å². The van der Waals surface area contributed by atoms with Crippen molar-refractivity contribution >= 4 is 31.2 Å². The van der Waals surface area contributed by atoms with Gasteiger partial charge in [-0.05, 0) is 0 Å². The van der Waals surface area contributed by atoms with Crippen molar-refractivity contribution in [3.05, 3.63) is 0 Å². The smallest absolute Gasteiger partial charge is 0.0311 e. The predicted octanol–water partition coefficient (Wildman–Crippen LogP) is -4.01. The maximum Gasteiger partial charge on any atom is 0.0311 e. The second kappa shape index (κ2) is 8.88. The molecule has 0 heterocycles. The van der Waals surface area contributed by atoms with Crippen LogP contribution in [0.25, 0.3) is 0 Å². The summed E-state index contributed by atoms with van der Waals surface area (Å²) in [6, 6.07) is 0. The van der Waals surface area contributed by atoms with E-state index < -0.39 is 31.2 Å². The van der Waals surface area contributed by atoms with Crippen LogP contribution in [0.2, 0.25) is 0 Å². The van der Waals surface area contributed by atoms with Crippen molar-refractivity contribution in [3.8, 4) is 0 Å². The van der Waals surface area contributed by atoms with E-state index in [2.05, 4.69) is 0 Å². The Hall–Kier alpha value is -2.39. The van der Waals surface area contributed by atoms with Gasteiger partial charge in [-0.15, -0.1) is 0 Å². The summed E-state index contributed by atoms with van der Waals surface area (Å²) in [5.41, 5.74) is 0. The van der Waals surface area contributed by atoms with Crippen LogP contribution >= 0.6 is 0 Å². The van der Waals surface area contributed by atoms with Gasteiger partial charge in [0.15, 0.2) is 0 Å². The van der Waals surface area contributed by atoms with Gasteiger partial charge in [-0.1, -0.05) is 0 Å². The molecule has 0 rings (SSSR count). The Morgan fingerprint density at radius 2 is 0.412 bits per heavy atom. The molecular formula is Cm2O12S3-6. The first-order chi connectivity index (χ1) is 6.00. The number of rotatable bonds is 0. The summed E-state index contributed by atoms with van der Waals surface area (Å²) in [7, 11) is -15.5. The molecule has 0 aromatic rings. The molecule has 17 heavy (non-hydrogen) atoms. The molecule has 0 atom stereocenters. The van der Waals surface area contributed by atoms with E-state index in [4.69, 9.17) is 52.6 Å². The van der Waals surface area contributed by atoms with E-state index in [1.54, 1.807) is 0 Å². The Morgan fingerprint density at radius 1 is 0.412 bits per heavy atom. The van der Waals surface area contributed by atoms with Crippen molar-refractivity contribution in [2.75, 3.05) is 0 Å². The minimum Gasteiger partial charge on any atom is -0.759 e. The van der Waals surface area contributed by atoms with Crippen LogP contribution in [0.15, 0.2) is 0 Å². The van der Waals surface area contributed by atoms with E-state index >= 15 is 0 Å². The third-order valence-electron chi connectivity index (χ3n) is 0. The molecule has 0 aliphatic carbocycles. The molecule has 0 saturated carbocycles. The third kappa shape index (κ3) is 321. The summed E-state index contributed by atoms with van der Waals surface area (Å²) in [6.45, 7) is 0. The first-order valence-corrected chi connectivity index (χ1v) is 6.00. The van der Waals surface area contributed by atoms with E-state index in [0.717, 1.165) is 0 Å². The van der Waals surface area contributed by atoms with Gasteiger partial charge in [0.05, 0.1) is 0 Å². The average molecular weight is 782 g/mol. The van der Waals surface area contributed by atoms with Crippen LogP contribution in [-0.2, 0) is 31.2 Å². The van der Waals surface area contributed by atoms with E-state index in [-0.39, 0.29) is 0 Å². The van der Waals surface area contributed by atoms with Crippen molar-refractivity contribution in [2.45, 2.75) is 0 Å². The normalized spacial score (nSPS) is 10.2. The Morgan fingerprint density at radius 3 is 0.412 bits per heavy atom. The van der Waals surface area contributed by atoms with Crippen LogP contribution in [0.1, 0.15) is 0 Å².